The van der Waals surface area contributed by atoms with Crippen molar-refractivity contribution >= 4 is 0 Å². The van der Waals surface area contributed by atoms with E-state index in [1.165, 1.54) is 19.3 Å². The lowest BCUT2D eigenvalue weighted by Crippen LogP contribution is -2.39. The van der Waals surface area contributed by atoms with Crippen molar-refractivity contribution in [3.8, 4) is 0 Å². The molecule has 0 saturated carbocycles. The Balaban J connectivity index is 1.41. The van der Waals surface area contributed by atoms with Gasteiger partial charge in [-0.05, 0) is 25.8 Å². The molecule has 6 nitrogen and oxygen atoms in total. The summed E-state index contributed by atoms with van der Waals surface area (Å²) in [5, 5.41) is 11.6. The maximum absolute atomic E-state index is 6.13. The van der Waals surface area contributed by atoms with E-state index in [2.05, 4.69) is 31.9 Å². The number of nitrogens with zero attached hydrogens (tertiary/aromatic N) is 4. The van der Waals surface area contributed by atoms with Gasteiger partial charge in [-0.25, -0.2) is 0 Å². The van der Waals surface area contributed by atoms with Crippen molar-refractivity contribution in [3.63, 3.8) is 0 Å². The molecule has 1 aromatic heterocycles. The molecule has 2 unspecified atom stereocenters. The van der Waals surface area contributed by atoms with E-state index in [9.17, 15) is 0 Å². The summed E-state index contributed by atoms with van der Waals surface area (Å²) in [6, 6.07) is 0. The third-order valence-electron chi connectivity index (χ3n) is 4.17. The minimum Gasteiger partial charge on any atom is -0.372 e. The van der Waals surface area contributed by atoms with Crippen molar-refractivity contribution in [3.05, 3.63) is 12.2 Å². The predicted octanol–water partition coefficient (Wildman–Crippen LogP) is 0.641. The first-order chi connectivity index (χ1) is 9.85. The van der Waals surface area contributed by atoms with Crippen molar-refractivity contribution in [2.45, 2.75) is 51.5 Å². The summed E-state index contributed by atoms with van der Waals surface area (Å²) in [7, 11) is 0. The number of rotatable bonds is 6. The van der Waals surface area contributed by atoms with Crippen LogP contribution in [0.15, 0.2) is 6.33 Å². The molecule has 3 heterocycles. The Morgan fingerprint density at radius 3 is 3.15 bits per heavy atom. The molecule has 2 atom stereocenters. The molecule has 0 aromatic carbocycles. The average molecular weight is 279 g/mol. The van der Waals surface area contributed by atoms with Crippen LogP contribution in [0.2, 0.25) is 0 Å². The van der Waals surface area contributed by atoms with Gasteiger partial charge in [-0.1, -0.05) is 6.92 Å². The SMILES string of the molecule is CCCNCC1CCC(CN2CCn3cnnc3C2)O1. The zero-order valence-electron chi connectivity index (χ0n) is 12.3. The van der Waals surface area contributed by atoms with Crippen molar-refractivity contribution in [1.82, 2.24) is 25.0 Å². The zero-order chi connectivity index (χ0) is 13.8. The smallest absolute Gasteiger partial charge is 0.147 e. The third-order valence-corrected chi connectivity index (χ3v) is 4.17. The highest BCUT2D eigenvalue weighted by atomic mass is 16.5. The van der Waals surface area contributed by atoms with E-state index in [1.807, 2.05) is 6.33 Å². The van der Waals surface area contributed by atoms with Crippen LogP contribution in [0.1, 0.15) is 32.0 Å². The Bertz CT molecular complexity index is 421. The molecule has 1 fully saturated rings. The molecular weight excluding hydrogens is 254 g/mol. The van der Waals surface area contributed by atoms with Crippen LogP contribution in [-0.4, -0.2) is 58.1 Å². The molecule has 20 heavy (non-hydrogen) atoms. The first-order valence-corrected chi connectivity index (χ1v) is 7.80. The lowest BCUT2D eigenvalue weighted by Gasteiger charge is -2.29. The molecule has 2 aliphatic rings. The third kappa shape index (κ3) is 3.37. The topological polar surface area (TPSA) is 55.2 Å². The molecule has 0 radical (unpaired) electrons. The number of hydrogen-bond donors (Lipinski definition) is 1. The van der Waals surface area contributed by atoms with Gasteiger partial charge in [0.05, 0.1) is 18.8 Å². The first-order valence-electron chi connectivity index (χ1n) is 7.80. The lowest BCUT2D eigenvalue weighted by molar-refractivity contribution is 0.0180. The molecule has 0 aliphatic carbocycles. The second-order valence-corrected chi connectivity index (χ2v) is 5.84. The molecule has 0 amide bonds. The fourth-order valence-corrected chi connectivity index (χ4v) is 3.06. The van der Waals surface area contributed by atoms with E-state index in [0.29, 0.717) is 12.2 Å². The van der Waals surface area contributed by atoms with Crippen LogP contribution < -0.4 is 5.32 Å². The minimum atomic E-state index is 0.387. The van der Waals surface area contributed by atoms with E-state index < -0.39 is 0 Å². The van der Waals surface area contributed by atoms with Gasteiger partial charge in [0.15, 0.2) is 0 Å². The van der Waals surface area contributed by atoms with Crippen LogP contribution in [0, 0.1) is 0 Å². The van der Waals surface area contributed by atoms with E-state index >= 15 is 0 Å². The maximum Gasteiger partial charge on any atom is 0.147 e. The Labute approximate surface area is 120 Å². The van der Waals surface area contributed by atoms with Crippen LogP contribution >= 0.6 is 0 Å². The Kier molecular flexibility index (Phi) is 4.65. The van der Waals surface area contributed by atoms with E-state index in [0.717, 1.165) is 45.1 Å². The number of fused-ring (bicyclic) bond motifs is 1. The van der Waals surface area contributed by atoms with Gasteiger partial charge in [-0.3, -0.25) is 4.90 Å². The predicted molar refractivity (Wildman–Crippen MR) is 76.4 cm³/mol. The highest BCUT2D eigenvalue weighted by molar-refractivity contribution is 4.91. The van der Waals surface area contributed by atoms with Gasteiger partial charge in [-0.15, -0.1) is 10.2 Å². The summed E-state index contributed by atoms with van der Waals surface area (Å²) in [5.74, 6) is 1.08. The van der Waals surface area contributed by atoms with Gasteiger partial charge < -0.3 is 14.6 Å². The van der Waals surface area contributed by atoms with Crippen molar-refractivity contribution in [2.24, 2.45) is 0 Å². The van der Waals surface area contributed by atoms with Crippen molar-refractivity contribution < 1.29 is 4.74 Å². The normalized spacial score (nSPS) is 26.9. The fourth-order valence-electron chi connectivity index (χ4n) is 3.06. The van der Waals surface area contributed by atoms with E-state index in [-0.39, 0.29) is 0 Å². The summed E-state index contributed by atoms with van der Waals surface area (Å²) in [4.78, 5) is 2.44. The highest BCUT2D eigenvalue weighted by Gasteiger charge is 2.28. The van der Waals surface area contributed by atoms with Crippen LogP contribution in [0.3, 0.4) is 0 Å². The molecule has 1 saturated heterocycles. The number of aromatic nitrogens is 3. The molecule has 2 aliphatic heterocycles. The summed E-state index contributed by atoms with van der Waals surface area (Å²) in [6.45, 7) is 8.28. The Morgan fingerprint density at radius 1 is 1.35 bits per heavy atom. The van der Waals surface area contributed by atoms with Crippen LogP contribution in [0.25, 0.3) is 0 Å². The fraction of sp³-hybridized carbons (Fsp3) is 0.857. The van der Waals surface area contributed by atoms with Gasteiger partial charge in [0.1, 0.15) is 12.2 Å². The second-order valence-electron chi connectivity index (χ2n) is 5.84. The van der Waals surface area contributed by atoms with Gasteiger partial charge in [0, 0.05) is 26.2 Å². The van der Waals surface area contributed by atoms with Crippen LogP contribution in [-0.2, 0) is 17.8 Å². The van der Waals surface area contributed by atoms with Gasteiger partial charge >= 0.3 is 0 Å². The molecule has 0 bridgehead atoms. The van der Waals surface area contributed by atoms with Gasteiger partial charge in [0.25, 0.3) is 0 Å². The average Bonchev–Trinajstić information content (AvgIpc) is 3.08. The first kappa shape index (κ1) is 14.0. The van der Waals surface area contributed by atoms with E-state index in [4.69, 9.17) is 4.74 Å². The standard InChI is InChI=1S/C14H25N5O/c1-2-5-15-8-12-3-4-13(20-12)9-18-6-7-19-11-16-17-14(19)10-18/h11-13,15H,2-10H2,1H3. The lowest BCUT2D eigenvalue weighted by atomic mass is 10.2. The van der Waals surface area contributed by atoms with Crippen molar-refractivity contribution in [1.29, 1.82) is 0 Å². The summed E-state index contributed by atoms with van der Waals surface area (Å²) in [6.07, 6.45) is 6.17. The molecule has 1 N–H and O–H groups in total. The molecule has 112 valence electrons. The van der Waals surface area contributed by atoms with Gasteiger partial charge in [0.2, 0.25) is 0 Å². The van der Waals surface area contributed by atoms with Crippen molar-refractivity contribution in [2.75, 3.05) is 26.2 Å². The summed E-state index contributed by atoms with van der Waals surface area (Å²) >= 11 is 0. The molecule has 0 spiro atoms. The monoisotopic (exact) mass is 279 g/mol. The van der Waals surface area contributed by atoms with Gasteiger partial charge in [-0.2, -0.15) is 0 Å². The summed E-state index contributed by atoms with van der Waals surface area (Å²) in [5.41, 5.74) is 0. The maximum atomic E-state index is 6.13. The van der Waals surface area contributed by atoms with Crippen LogP contribution in [0.5, 0.6) is 0 Å². The molecular formula is C14H25N5O. The minimum absolute atomic E-state index is 0.387. The number of nitrogens with one attached hydrogen (secondary N) is 1. The quantitative estimate of drug-likeness (QED) is 0.775. The number of hydrogen-bond acceptors (Lipinski definition) is 5. The van der Waals surface area contributed by atoms with E-state index in [1.54, 1.807) is 0 Å². The highest BCUT2D eigenvalue weighted by Crippen LogP contribution is 2.21. The molecule has 1 aromatic rings. The largest absolute Gasteiger partial charge is 0.372 e. The number of ether oxygens (including phenoxy) is 1. The summed E-state index contributed by atoms with van der Waals surface area (Å²) < 4.78 is 8.28. The van der Waals surface area contributed by atoms with Crippen LogP contribution in [0.4, 0.5) is 0 Å². The molecule has 6 heteroatoms. The molecule has 3 rings (SSSR count). The Morgan fingerprint density at radius 2 is 2.25 bits per heavy atom. The zero-order valence-corrected chi connectivity index (χ0v) is 12.3. The second kappa shape index (κ2) is 6.65. The Hall–Kier alpha value is -0.980.